The standard InChI is InChI=1S/C16H28N2O6/c19-10-12-22-11-9-18(16(21)24-14-5-2-6-14)8-7-17-15(20)23-13-3-1-4-13/h13-14,19H,1-12H2,(H,17,20). The van der Waals surface area contributed by atoms with Gasteiger partial charge in [0.15, 0.2) is 0 Å². The minimum absolute atomic E-state index is 0.00917. The van der Waals surface area contributed by atoms with Crippen molar-refractivity contribution in [3.63, 3.8) is 0 Å². The SMILES string of the molecule is O=C(NCCN(CCOCCO)C(=O)OC1CCC1)OC1CCC1. The molecule has 0 aliphatic heterocycles. The second kappa shape index (κ2) is 10.4. The van der Waals surface area contributed by atoms with Crippen LogP contribution in [0.4, 0.5) is 9.59 Å². The van der Waals surface area contributed by atoms with Gasteiger partial charge in [0.25, 0.3) is 0 Å². The Labute approximate surface area is 142 Å². The molecule has 0 aromatic rings. The van der Waals surface area contributed by atoms with Crippen LogP contribution in [0.3, 0.4) is 0 Å². The zero-order chi connectivity index (χ0) is 17.2. The third-order valence-corrected chi connectivity index (χ3v) is 4.30. The monoisotopic (exact) mass is 344 g/mol. The first kappa shape index (κ1) is 18.8. The highest BCUT2D eigenvalue weighted by atomic mass is 16.6. The number of alkyl carbamates (subject to hydrolysis) is 1. The van der Waals surface area contributed by atoms with Crippen LogP contribution in [0.25, 0.3) is 0 Å². The van der Waals surface area contributed by atoms with Crippen molar-refractivity contribution in [2.45, 2.75) is 50.7 Å². The lowest BCUT2D eigenvalue weighted by Crippen LogP contribution is -2.43. The first-order valence-corrected chi connectivity index (χ1v) is 8.77. The highest BCUT2D eigenvalue weighted by Gasteiger charge is 2.25. The van der Waals surface area contributed by atoms with Crippen LogP contribution in [0, 0.1) is 0 Å². The van der Waals surface area contributed by atoms with Gasteiger partial charge >= 0.3 is 12.2 Å². The van der Waals surface area contributed by atoms with E-state index in [2.05, 4.69) is 5.32 Å². The Balaban J connectivity index is 1.66. The van der Waals surface area contributed by atoms with Gasteiger partial charge in [0.1, 0.15) is 12.2 Å². The number of amides is 2. The minimum Gasteiger partial charge on any atom is -0.446 e. The summed E-state index contributed by atoms with van der Waals surface area (Å²) in [5.74, 6) is 0. The summed E-state index contributed by atoms with van der Waals surface area (Å²) in [4.78, 5) is 25.3. The maximum Gasteiger partial charge on any atom is 0.410 e. The molecular weight excluding hydrogens is 316 g/mol. The van der Waals surface area contributed by atoms with E-state index in [-0.39, 0.29) is 31.5 Å². The molecule has 2 aliphatic rings. The zero-order valence-corrected chi connectivity index (χ0v) is 14.1. The first-order chi connectivity index (χ1) is 11.7. The summed E-state index contributed by atoms with van der Waals surface area (Å²) in [6.45, 7) is 1.47. The molecule has 0 unspecified atom stereocenters. The lowest BCUT2D eigenvalue weighted by molar-refractivity contribution is 0.0171. The highest BCUT2D eigenvalue weighted by molar-refractivity contribution is 5.69. The molecule has 0 saturated heterocycles. The molecule has 0 aromatic carbocycles. The maximum absolute atomic E-state index is 12.2. The van der Waals surface area contributed by atoms with E-state index in [1.54, 1.807) is 0 Å². The fourth-order valence-corrected chi connectivity index (χ4v) is 2.32. The van der Waals surface area contributed by atoms with Gasteiger partial charge in [-0.2, -0.15) is 0 Å². The second-order valence-electron chi connectivity index (χ2n) is 6.14. The number of carbonyl (C=O) groups is 2. The van der Waals surface area contributed by atoms with Crippen molar-refractivity contribution in [3.8, 4) is 0 Å². The molecule has 2 rings (SSSR count). The summed E-state index contributed by atoms with van der Waals surface area (Å²) in [6.07, 6.45) is 5.08. The van der Waals surface area contributed by atoms with Crippen LogP contribution in [0.15, 0.2) is 0 Å². The molecule has 0 bridgehead atoms. The Hall–Kier alpha value is -1.54. The Bertz CT molecular complexity index is 398. The third kappa shape index (κ3) is 6.52. The number of hydrogen-bond acceptors (Lipinski definition) is 6. The summed E-state index contributed by atoms with van der Waals surface area (Å²) in [6, 6.07) is 0. The fraction of sp³-hybridized carbons (Fsp3) is 0.875. The van der Waals surface area contributed by atoms with Crippen molar-refractivity contribution in [2.24, 2.45) is 0 Å². The summed E-state index contributed by atoms with van der Waals surface area (Å²) in [5.41, 5.74) is 0. The highest BCUT2D eigenvalue weighted by Crippen LogP contribution is 2.23. The van der Waals surface area contributed by atoms with Crippen LogP contribution in [0.2, 0.25) is 0 Å². The first-order valence-electron chi connectivity index (χ1n) is 8.77. The number of aliphatic hydroxyl groups excluding tert-OH is 1. The molecule has 2 fully saturated rings. The average Bonchev–Trinajstić information content (AvgIpc) is 2.49. The van der Waals surface area contributed by atoms with E-state index in [1.807, 2.05) is 0 Å². The Morgan fingerprint density at radius 1 is 1.00 bits per heavy atom. The molecule has 24 heavy (non-hydrogen) atoms. The summed E-state index contributed by atoms with van der Waals surface area (Å²) in [7, 11) is 0. The van der Waals surface area contributed by atoms with E-state index in [0.717, 1.165) is 38.5 Å². The Morgan fingerprint density at radius 3 is 2.25 bits per heavy atom. The minimum atomic E-state index is -0.441. The van der Waals surface area contributed by atoms with Crippen molar-refractivity contribution < 1.29 is 28.9 Å². The number of nitrogens with one attached hydrogen (secondary N) is 1. The van der Waals surface area contributed by atoms with Crippen LogP contribution in [-0.4, -0.2) is 73.9 Å². The fourth-order valence-electron chi connectivity index (χ4n) is 2.32. The summed E-state index contributed by atoms with van der Waals surface area (Å²) in [5, 5.41) is 11.4. The van der Waals surface area contributed by atoms with E-state index in [0.29, 0.717) is 26.2 Å². The Kier molecular flexibility index (Phi) is 8.11. The topological polar surface area (TPSA) is 97.3 Å². The molecule has 2 aliphatic carbocycles. The van der Waals surface area contributed by atoms with Gasteiger partial charge < -0.3 is 29.5 Å². The number of ether oxygens (including phenoxy) is 3. The second-order valence-corrected chi connectivity index (χ2v) is 6.14. The average molecular weight is 344 g/mol. The maximum atomic E-state index is 12.2. The predicted molar refractivity (Wildman–Crippen MR) is 85.7 cm³/mol. The van der Waals surface area contributed by atoms with E-state index in [4.69, 9.17) is 19.3 Å². The molecule has 2 saturated carbocycles. The van der Waals surface area contributed by atoms with Gasteiger partial charge in [0.05, 0.1) is 19.8 Å². The molecule has 8 nitrogen and oxygen atoms in total. The van der Waals surface area contributed by atoms with Crippen LogP contribution < -0.4 is 5.32 Å². The van der Waals surface area contributed by atoms with Gasteiger partial charge in [-0.05, 0) is 38.5 Å². The Morgan fingerprint density at radius 2 is 1.67 bits per heavy atom. The van der Waals surface area contributed by atoms with Gasteiger partial charge in [0.2, 0.25) is 0 Å². The molecule has 2 amide bonds. The van der Waals surface area contributed by atoms with Crippen molar-refractivity contribution >= 4 is 12.2 Å². The molecule has 2 N–H and O–H groups in total. The van der Waals surface area contributed by atoms with Gasteiger partial charge in [-0.3, -0.25) is 0 Å². The summed E-state index contributed by atoms with van der Waals surface area (Å²) >= 11 is 0. The normalized spacial score (nSPS) is 17.5. The molecule has 0 heterocycles. The van der Waals surface area contributed by atoms with E-state index in [9.17, 15) is 9.59 Å². The summed E-state index contributed by atoms with van der Waals surface area (Å²) < 4.78 is 15.8. The van der Waals surface area contributed by atoms with E-state index in [1.165, 1.54) is 4.90 Å². The number of aliphatic hydroxyl groups is 1. The van der Waals surface area contributed by atoms with Crippen LogP contribution in [-0.2, 0) is 14.2 Å². The molecule has 8 heteroatoms. The predicted octanol–water partition coefficient (Wildman–Crippen LogP) is 1.27. The number of nitrogens with zero attached hydrogens (tertiary/aromatic N) is 1. The molecule has 0 atom stereocenters. The molecule has 0 spiro atoms. The molecule has 0 radical (unpaired) electrons. The van der Waals surface area contributed by atoms with E-state index >= 15 is 0 Å². The van der Waals surface area contributed by atoms with Gasteiger partial charge in [-0.25, -0.2) is 9.59 Å². The van der Waals surface area contributed by atoms with E-state index < -0.39 is 6.09 Å². The number of carbonyl (C=O) groups excluding carboxylic acids is 2. The largest absolute Gasteiger partial charge is 0.446 e. The molecule has 138 valence electrons. The molecule has 0 aromatic heterocycles. The van der Waals surface area contributed by atoms with Crippen molar-refractivity contribution in [1.29, 1.82) is 0 Å². The zero-order valence-electron chi connectivity index (χ0n) is 14.1. The smallest absolute Gasteiger partial charge is 0.410 e. The van der Waals surface area contributed by atoms with Gasteiger partial charge in [-0.1, -0.05) is 0 Å². The van der Waals surface area contributed by atoms with Crippen LogP contribution in [0.5, 0.6) is 0 Å². The van der Waals surface area contributed by atoms with Crippen LogP contribution >= 0.6 is 0 Å². The lowest BCUT2D eigenvalue weighted by Gasteiger charge is -2.29. The lowest BCUT2D eigenvalue weighted by atomic mass is 9.96. The van der Waals surface area contributed by atoms with Gasteiger partial charge in [-0.15, -0.1) is 0 Å². The molecular formula is C16H28N2O6. The van der Waals surface area contributed by atoms with Crippen molar-refractivity contribution in [3.05, 3.63) is 0 Å². The van der Waals surface area contributed by atoms with Crippen molar-refractivity contribution in [1.82, 2.24) is 10.2 Å². The van der Waals surface area contributed by atoms with Gasteiger partial charge in [0, 0.05) is 19.6 Å². The number of hydrogen-bond donors (Lipinski definition) is 2. The quantitative estimate of drug-likeness (QED) is 0.579. The van der Waals surface area contributed by atoms with Crippen molar-refractivity contribution in [2.75, 3.05) is 39.5 Å². The number of rotatable bonds is 10. The third-order valence-electron chi connectivity index (χ3n) is 4.30. The van der Waals surface area contributed by atoms with Crippen LogP contribution in [0.1, 0.15) is 38.5 Å².